The van der Waals surface area contributed by atoms with Gasteiger partial charge >= 0.3 is 0 Å². The monoisotopic (exact) mass is 263 g/mol. The smallest absolute Gasteiger partial charge is 0.299 e. The maximum atomic E-state index is 11.5. The molecule has 0 aliphatic heterocycles. The summed E-state index contributed by atoms with van der Waals surface area (Å²) in [4.78, 5) is 0. The number of hydrogen-bond donors (Lipinski definition) is 3. The average molecular weight is 264 g/mol. The number of hydrogen-bond acceptors (Lipinski definition) is 3. The number of rotatable bonds is 5. The van der Waals surface area contributed by atoms with Crippen LogP contribution in [0.4, 0.5) is 11.4 Å². The van der Waals surface area contributed by atoms with Crippen LogP contribution in [-0.2, 0) is 10.2 Å². The van der Waals surface area contributed by atoms with Crippen molar-refractivity contribution in [2.24, 2.45) is 0 Å². The zero-order chi connectivity index (χ0) is 12.2. The van der Waals surface area contributed by atoms with Gasteiger partial charge in [-0.05, 0) is 18.6 Å². The normalized spacial score (nSPS) is 11.4. The molecule has 0 bridgehead atoms. The van der Waals surface area contributed by atoms with Gasteiger partial charge in [0.05, 0.1) is 16.4 Å². The number of nitrogens with one attached hydrogen (secondary N) is 2. The largest absolute Gasteiger partial charge is 0.397 e. The maximum Gasteiger partial charge on any atom is 0.299 e. The first-order chi connectivity index (χ1) is 7.46. The summed E-state index contributed by atoms with van der Waals surface area (Å²) in [6.45, 7) is 2.23. The van der Waals surface area contributed by atoms with Crippen molar-refractivity contribution in [2.45, 2.75) is 13.3 Å². The zero-order valence-electron chi connectivity index (χ0n) is 8.83. The van der Waals surface area contributed by atoms with Crippen molar-refractivity contribution in [2.75, 3.05) is 17.0 Å². The minimum Gasteiger partial charge on any atom is -0.397 e. The second-order valence-corrected chi connectivity index (χ2v) is 5.11. The van der Waals surface area contributed by atoms with Crippen LogP contribution in [0.15, 0.2) is 18.2 Å². The fourth-order valence-corrected chi connectivity index (χ4v) is 2.38. The lowest BCUT2D eigenvalue weighted by Gasteiger charge is -2.11. The third-order valence-electron chi connectivity index (χ3n) is 1.82. The molecule has 0 fully saturated rings. The molecule has 0 spiro atoms. The molecule has 7 heteroatoms. The molecule has 0 aromatic heterocycles. The number of anilines is 2. The van der Waals surface area contributed by atoms with Gasteiger partial charge in [0.1, 0.15) is 0 Å². The molecule has 0 aliphatic carbocycles. The second kappa shape index (κ2) is 5.38. The third kappa shape index (κ3) is 3.55. The van der Waals surface area contributed by atoms with Gasteiger partial charge in [-0.3, -0.25) is 4.72 Å². The van der Waals surface area contributed by atoms with Crippen molar-refractivity contribution in [3.05, 3.63) is 23.2 Å². The van der Waals surface area contributed by atoms with Crippen molar-refractivity contribution >= 4 is 33.2 Å². The third-order valence-corrected chi connectivity index (χ3v) is 3.20. The molecule has 1 rings (SSSR count). The second-order valence-electron chi connectivity index (χ2n) is 3.20. The van der Waals surface area contributed by atoms with E-state index >= 15 is 0 Å². The Morgan fingerprint density at radius 2 is 2.12 bits per heavy atom. The molecule has 4 N–H and O–H groups in total. The predicted octanol–water partition coefficient (Wildman–Crippen LogP) is 1.58. The zero-order valence-corrected chi connectivity index (χ0v) is 10.4. The highest BCUT2D eigenvalue weighted by atomic mass is 35.5. The van der Waals surface area contributed by atoms with Crippen LogP contribution in [0.2, 0.25) is 5.02 Å². The lowest BCUT2D eigenvalue weighted by Crippen LogP contribution is -2.31. The SMILES string of the molecule is CCCNS(=O)(=O)Nc1c(N)cccc1Cl. The van der Waals surface area contributed by atoms with E-state index in [1.807, 2.05) is 6.92 Å². The Hall–Kier alpha value is -0.980. The minimum absolute atomic E-state index is 0.202. The van der Waals surface area contributed by atoms with Gasteiger partial charge < -0.3 is 5.73 Å². The van der Waals surface area contributed by atoms with E-state index in [0.29, 0.717) is 13.0 Å². The summed E-state index contributed by atoms with van der Waals surface area (Å²) in [5.41, 5.74) is 6.11. The number of halogens is 1. The molecule has 0 atom stereocenters. The Labute approximate surface area is 100 Å². The van der Waals surface area contributed by atoms with Crippen molar-refractivity contribution in [3.63, 3.8) is 0 Å². The molecule has 0 heterocycles. The summed E-state index contributed by atoms with van der Waals surface area (Å²) in [7, 11) is -3.61. The molecule has 0 radical (unpaired) electrons. The molecule has 0 amide bonds. The number of nitrogens with two attached hydrogens (primary N) is 1. The van der Waals surface area contributed by atoms with E-state index in [0.717, 1.165) is 0 Å². The van der Waals surface area contributed by atoms with Crippen molar-refractivity contribution in [3.8, 4) is 0 Å². The Kier molecular flexibility index (Phi) is 4.40. The van der Waals surface area contributed by atoms with Gasteiger partial charge in [0.2, 0.25) is 0 Å². The van der Waals surface area contributed by atoms with Crippen LogP contribution in [0.3, 0.4) is 0 Å². The average Bonchev–Trinajstić information content (AvgIpc) is 2.21. The molecule has 1 aromatic rings. The van der Waals surface area contributed by atoms with Crippen molar-refractivity contribution in [1.29, 1.82) is 0 Å². The minimum atomic E-state index is -3.61. The van der Waals surface area contributed by atoms with E-state index in [1.54, 1.807) is 18.2 Å². The Bertz CT molecular complexity index is 442. The molecule has 16 heavy (non-hydrogen) atoms. The van der Waals surface area contributed by atoms with Crippen molar-refractivity contribution < 1.29 is 8.42 Å². The molecule has 0 unspecified atom stereocenters. The summed E-state index contributed by atoms with van der Waals surface area (Å²) < 4.78 is 27.7. The van der Waals surface area contributed by atoms with Crippen LogP contribution in [-0.4, -0.2) is 15.0 Å². The lowest BCUT2D eigenvalue weighted by atomic mass is 10.3. The molecular weight excluding hydrogens is 250 g/mol. The highest BCUT2D eigenvalue weighted by molar-refractivity contribution is 7.90. The molecule has 5 nitrogen and oxygen atoms in total. The fraction of sp³-hybridized carbons (Fsp3) is 0.333. The topological polar surface area (TPSA) is 84.2 Å². The van der Waals surface area contributed by atoms with Crippen LogP contribution in [0.25, 0.3) is 0 Å². The number of benzene rings is 1. The standard InChI is InChI=1S/C9H14ClN3O2S/c1-2-6-12-16(14,15)13-9-7(10)4-3-5-8(9)11/h3-5,12-13H,2,6,11H2,1H3. The fourth-order valence-electron chi connectivity index (χ4n) is 1.06. The van der Waals surface area contributed by atoms with Gasteiger partial charge in [-0.2, -0.15) is 13.1 Å². The van der Waals surface area contributed by atoms with E-state index in [4.69, 9.17) is 17.3 Å². The summed E-state index contributed by atoms with van der Waals surface area (Å²) in [6, 6.07) is 4.79. The molecule has 0 saturated heterocycles. The van der Waals surface area contributed by atoms with E-state index in [-0.39, 0.29) is 16.4 Å². The van der Waals surface area contributed by atoms with E-state index in [1.165, 1.54) is 0 Å². The molecule has 0 aliphatic rings. The summed E-state index contributed by atoms with van der Waals surface area (Å²) in [6.07, 6.45) is 0.707. The quantitative estimate of drug-likeness (QED) is 0.705. The maximum absolute atomic E-state index is 11.5. The summed E-state index contributed by atoms with van der Waals surface area (Å²) in [5, 5.41) is 0.266. The first-order valence-electron chi connectivity index (χ1n) is 4.77. The molecular formula is C9H14ClN3O2S. The van der Waals surface area contributed by atoms with Gasteiger partial charge in [0.25, 0.3) is 10.2 Å². The summed E-state index contributed by atoms with van der Waals surface area (Å²) in [5.74, 6) is 0. The predicted molar refractivity (Wildman–Crippen MR) is 66.7 cm³/mol. The molecule has 1 aromatic carbocycles. The van der Waals surface area contributed by atoms with Crippen LogP contribution in [0.5, 0.6) is 0 Å². The summed E-state index contributed by atoms with van der Waals surface area (Å²) >= 11 is 5.83. The molecule has 90 valence electrons. The molecule has 0 saturated carbocycles. The Morgan fingerprint density at radius 1 is 1.44 bits per heavy atom. The van der Waals surface area contributed by atoms with Crippen molar-refractivity contribution in [1.82, 2.24) is 4.72 Å². The van der Waals surface area contributed by atoms with Gasteiger partial charge in [0.15, 0.2) is 0 Å². The van der Waals surface area contributed by atoms with Gasteiger partial charge in [0, 0.05) is 6.54 Å². The Morgan fingerprint density at radius 3 is 2.69 bits per heavy atom. The lowest BCUT2D eigenvalue weighted by molar-refractivity contribution is 0.586. The van der Waals surface area contributed by atoms with Crippen LogP contribution < -0.4 is 15.2 Å². The number of para-hydroxylation sites is 1. The van der Waals surface area contributed by atoms with Crippen LogP contribution >= 0.6 is 11.6 Å². The van der Waals surface area contributed by atoms with Gasteiger partial charge in [-0.15, -0.1) is 0 Å². The van der Waals surface area contributed by atoms with Crippen LogP contribution in [0, 0.1) is 0 Å². The van der Waals surface area contributed by atoms with Crippen LogP contribution in [0.1, 0.15) is 13.3 Å². The van der Waals surface area contributed by atoms with E-state index in [9.17, 15) is 8.42 Å². The van der Waals surface area contributed by atoms with E-state index in [2.05, 4.69) is 9.44 Å². The van der Waals surface area contributed by atoms with Gasteiger partial charge in [-0.25, -0.2) is 0 Å². The first-order valence-corrected chi connectivity index (χ1v) is 6.64. The Balaban J connectivity index is 2.88. The van der Waals surface area contributed by atoms with E-state index < -0.39 is 10.2 Å². The highest BCUT2D eigenvalue weighted by Crippen LogP contribution is 2.28. The highest BCUT2D eigenvalue weighted by Gasteiger charge is 2.13. The first kappa shape index (κ1) is 13.1. The number of nitrogen functional groups attached to an aromatic ring is 1. The van der Waals surface area contributed by atoms with Gasteiger partial charge in [-0.1, -0.05) is 24.6 Å².